The van der Waals surface area contributed by atoms with Crippen molar-refractivity contribution in [3.05, 3.63) is 10.1 Å². The Morgan fingerprint density at radius 3 is 0.867 bits per heavy atom. The summed E-state index contributed by atoms with van der Waals surface area (Å²) >= 11 is 0. The fourth-order valence-electron chi connectivity index (χ4n) is 0. The second-order valence-corrected chi connectivity index (χ2v) is 3.32. The second-order valence-electron chi connectivity index (χ2n) is 1.26. The lowest BCUT2D eigenvalue weighted by atomic mass is 13.1. The van der Waals surface area contributed by atoms with E-state index in [-0.39, 0.29) is 17.4 Å². The smallest absolute Gasteiger partial charge is 0.328 e. The molecule has 0 heterocycles. The van der Waals surface area contributed by atoms with Crippen LogP contribution in [0.4, 0.5) is 0 Å². The first-order valence-corrected chi connectivity index (χ1v) is 5.26. The molecule has 15 heavy (non-hydrogen) atoms. The number of rotatable bonds is 0. The van der Waals surface area contributed by atoms with Crippen molar-refractivity contribution < 1.29 is 48.8 Å². The van der Waals surface area contributed by atoms with Crippen LogP contribution >= 0.6 is 15.6 Å². The zero-order valence-corrected chi connectivity index (χ0v) is 7.89. The van der Waals surface area contributed by atoms with Crippen molar-refractivity contribution in [2.45, 2.75) is 0 Å². The van der Waals surface area contributed by atoms with Crippen LogP contribution in [0.15, 0.2) is 0 Å². The highest BCUT2D eigenvalue weighted by molar-refractivity contribution is 7.45. The van der Waals surface area contributed by atoms with Gasteiger partial charge < -0.3 is 34.6 Å². The zero-order valence-electron chi connectivity index (χ0n) is 6.11. The van der Waals surface area contributed by atoms with Gasteiger partial charge in [-0.3, -0.25) is 0 Å². The maximum Gasteiger partial charge on any atom is 0.466 e. The Bertz CT molecular complexity index is 194. The van der Waals surface area contributed by atoms with E-state index in [2.05, 4.69) is 0 Å². The van der Waals surface area contributed by atoms with Crippen molar-refractivity contribution in [3.8, 4) is 0 Å². The largest absolute Gasteiger partial charge is 0.466 e. The summed E-state index contributed by atoms with van der Waals surface area (Å²) in [6.07, 6.45) is 0. The molecule has 0 radical (unpaired) electrons. The first kappa shape index (κ1) is 24.3. The fourth-order valence-corrected chi connectivity index (χ4v) is 0. The second kappa shape index (κ2) is 10.5. The number of hydrogen-bond acceptors (Lipinski definition) is 4. The quantitative estimate of drug-likeness (QED) is 0.101. The minimum Gasteiger partial charge on any atom is -0.328 e. The number of nitrogens with zero attached hydrogens (tertiary/aromatic N) is 1. The Labute approximate surface area is 92.5 Å². The maximum atomic E-state index is 8.88. The van der Waals surface area contributed by atoms with Gasteiger partial charge in [0.05, 0.1) is 0 Å². The van der Waals surface area contributed by atoms with Crippen molar-refractivity contribution >= 4 is 33.0 Å². The Morgan fingerprint density at radius 1 is 0.867 bits per heavy atom. The summed E-state index contributed by atoms with van der Waals surface area (Å²) in [6, 6.07) is 0. The monoisotopic (exact) mass is 289 g/mol. The molecule has 0 amide bonds. The van der Waals surface area contributed by atoms with Crippen LogP contribution in [0.5, 0.6) is 0 Å². The van der Waals surface area contributed by atoms with Gasteiger partial charge in [-0.1, -0.05) is 0 Å². The molecular formula is H10AlNO11P2. The molecule has 0 fully saturated rings. The molecule has 12 nitrogen and oxygen atoms in total. The average Bonchev–Trinajstić information content (AvgIpc) is 1.45. The average molecular weight is 289 g/mol. The highest BCUT2D eigenvalue weighted by Crippen LogP contribution is 2.26. The standard InChI is InChI=1S/Al.HNO3.2H3O4P.3H/c;2-1(3)4;2*1-5(2,3)4;;;/h;(H,2,3,4);2*(H3,1,2,3,4);;;. The summed E-state index contributed by atoms with van der Waals surface area (Å²) in [5.74, 6) is 0. The molecule has 0 saturated heterocycles. The molecule has 0 rings (SSSR count). The SMILES string of the molecule is O=P(O)(O)O.O=P(O)(O)O.O=[N+]([O-])O.[AlH3]. The maximum absolute atomic E-state index is 8.88. The highest BCUT2D eigenvalue weighted by atomic mass is 31.2. The van der Waals surface area contributed by atoms with E-state index in [1.807, 2.05) is 0 Å². The molecule has 94 valence electrons. The Hall–Kier alpha value is -0.0475. The van der Waals surface area contributed by atoms with Crippen molar-refractivity contribution in [2.24, 2.45) is 0 Å². The predicted molar refractivity (Wildman–Crippen MR) is 47.2 cm³/mol. The minimum absolute atomic E-state index is 0. The van der Waals surface area contributed by atoms with Gasteiger partial charge in [-0.2, -0.15) is 0 Å². The Balaban J connectivity index is -0.0000000590. The van der Waals surface area contributed by atoms with Gasteiger partial charge in [0.1, 0.15) is 0 Å². The van der Waals surface area contributed by atoms with Crippen LogP contribution in [0, 0.1) is 10.1 Å². The molecule has 0 bridgehead atoms. The van der Waals surface area contributed by atoms with Gasteiger partial charge in [-0.15, -0.1) is 10.1 Å². The summed E-state index contributed by atoms with van der Waals surface area (Å²) in [4.78, 5) is 51.5. The molecular weight excluding hydrogens is 279 g/mol. The van der Waals surface area contributed by atoms with Crippen molar-refractivity contribution in [3.63, 3.8) is 0 Å². The van der Waals surface area contributed by atoms with Crippen molar-refractivity contribution in [1.29, 1.82) is 0 Å². The van der Waals surface area contributed by atoms with E-state index in [4.69, 9.17) is 53.8 Å². The van der Waals surface area contributed by atoms with Gasteiger partial charge in [0, 0.05) is 0 Å². The van der Waals surface area contributed by atoms with Gasteiger partial charge in [-0.05, 0) is 0 Å². The van der Waals surface area contributed by atoms with Gasteiger partial charge in [0.2, 0.25) is 0 Å². The van der Waals surface area contributed by atoms with E-state index in [0.717, 1.165) is 0 Å². The Morgan fingerprint density at radius 2 is 0.867 bits per heavy atom. The summed E-state index contributed by atoms with van der Waals surface area (Å²) in [5, 5.41) is 13.6. The lowest BCUT2D eigenvalue weighted by molar-refractivity contribution is -0.742. The lowest BCUT2D eigenvalue weighted by Gasteiger charge is -1.82. The van der Waals surface area contributed by atoms with Crippen molar-refractivity contribution in [1.82, 2.24) is 0 Å². The van der Waals surface area contributed by atoms with Crippen LogP contribution in [0.1, 0.15) is 0 Å². The summed E-state index contributed by atoms with van der Waals surface area (Å²) < 4.78 is 17.8. The molecule has 15 heteroatoms. The van der Waals surface area contributed by atoms with Gasteiger partial charge in [0.15, 0.2) is 17.4 Å². The molecule has 0 spiro atoms. The third kappa shape index (κ3) is 882000. The molecule has 0 atom stereocenters. The number of phosphoric acid groups is 2. The van der Waals surface area contributed by atoms with E-state index >= 15 is 0 Å². The highest BCUT2D eigenvalue weighted by Gasteiger charge is 2.00. The molecule has 0 aliphatic heterocycles. The van der Waals surface area contributed by atoms with Crippen LogP contribution < -0.4 is 0 Å². The van der Waals surface area contributed by atoms with Crippen LogP contribution in [0.2, 0.25) is 0 Å². The topological polar surface area (TPSA) is 219 Å². The first-order chi connectivity index (χ1) is 5.73. The summed E-state index contributed by atoms with van der Waals surface area (Å²) in [7, 11) is -9.28. The van der Waals surface area contributed by atoms with E-state index in [9.17, 15) is 0 Å². The van der Waals surface area contributed by atoms with Crippen LogP contribution in [0.25, 0.3) is 0 Å². The minimum atomic E-state index is -4.64. The van der Waals surface area contributed by atoms with Crippen LogP contribution in [-0.4, -0.2) is 57.0 Å². The number of hydrogen-bond donors (Lipinski definition) is 7. The van der Waals surface area contributed by atoms with Gasteiger partial charge >= 0.3 is 15.6 Å². The molecule has 7 N–H and O–H groups in total. The van der Waals surface area contributed by atoms with Crippen molar-refractivity contribution in [2.75, 3.05) is 0 Å². The molecule has 0 aliphatic rings. The van der Waals surface area contributed by atoms with Crippen LogP contribution in [-0.2, 0) is 9.13 Å². The molecule has 0 saturated carbocycles. The van der Waals surface area contributed by atoms with Crippen LogP contribution in [0.3, 0.4) is 0 Å². The lowest BCUT2D eigenvalue weighted by Crippen LogP contribution is -1.81. The third-order valence-corrected chi connectivity index (χ3v) is 0. The molecule has 0 aromatic carbocycles. The Kier molecular flexibility index (Phi) is 16.9. The van der Waals surface area contributed by atoms with E-state index in [1.54, 1.807) is 0 Å². The van der Waals surface area contributed by atoms with E-state index in [0.29, 0.717) is 0 Å². The zero-order chi connectivity index (χ0) is 12.6. The van der Waals surface area contributed by atoms with Gasteiger partial charge in [0.25, 0.3) is 5.09 Å². The van der Waals surface area contributed by atoms with E-state index in [1.165, 1.54) is 0 Å². The summed E-state index contributed by atoms with van der Waals surface area (Å²) in [6.45, 7) is 0. The third-order valence-electron chi connectivity index (χ3n) is 0. The molecule has 0 unspecified atom stereocenters. The molecule has 0 aliphatic carbocycles. The summed E-state index contributed by atoms with van der Waals surface area (Å²) in [5.41, 5.74) is 0. The normalized spacial score (nSPS) is 9.47. The van der Waals surface area contributed by atoms with Gasteiger partial charge in [-0.25, -0.2) is 9.13 Å². The first-order valence-electron chi connectivity index (χ1n) is 2.13. The molecule has 0 aromatic rings. The predicted octanol–water partition coefficient (Wildman–Crippen LogP) is -3.39. The van der Waals surface area contributed by atoms with E-state index < -0.39 is 20.7 Å². The molecule has 0 aromatic heterocycles. The fraction of sp³-hybridized carbons (Fsp3) is 0.